The molecule has 0 saturated carbocycles. The Hall–Kier alpha value is -1.04. The van der Waals surface area contributed by atoms with Crippen molar-refractivity contribution in [3.8, 4) is 0 Å². The van der Waals surface area contributed by atoms with E-state index in [0.29, 0.717) is 0 Å². The Morgan fingerprint density at radius 2 is 2.13 bits per heavy atom. The topological polar surface area (TPSA) is 40.5 Å². The van der Waals surface area contributed by atoms with Gasteiger partial charge in [-0.2, -0.15) is 13.2 Å². The summed E-state index contributed by atoms with van der Waals surface area (Å²) in [4.78, 5) is 12.1. The number of hydrogen-bond acceptors (Lipinski definition) is 2. The SMILES string of the molecule is C=CCN1C[C@@H](C(F)(F)F)[C@H](C(=O)O)C1. The first kappa shape index (κ1) is 12.0. The van der Waals surface area contributed by atoms with E-state index in [1.807, 2.05) is 0 Å². The molecule has 15 heavy (non-hydrogen) atoms. The van der Waals surface area contributed by atoms with Crippen molar-refractivity contribution in [2.45, 2.75) is 6.18 Å². The maximum absolute atomic E-state index is 12.5. The summed E-state index contributed by atoms with van der Waals surface area (Å²) in [7, 11) is 0. The zero-order valence-corrected chi connectivity index (χ0v) is 8.00. The number of nitrogens with zero attached hydrogens (tertiary/aromatic N) is 1. The Morgan fingerprint density at radius 1 is 1.53 bits per heavy atom. The Bertz CT molecular complexity index is 265. The predicted octanol–water partition coefficient (Wildman–Crippen LogP) is 1.37. The fourth-order valence-corrected chi connectivity index (χ4v) is 1.80. The normalized spacial score (nSPS) is 27.9. The molecular formula is C9H12F3NO2. The van der Waals surface area contributed by atoms with Crippen LogP contribution in [0.4, 0.5) is 13.2 Å². The summed E-state index contributed by atoms with van der Waals surface area (Å²) in [6.45, 7) is 3.38. The molecule has 0 aliphatic carbocycles. The van der Waals surface area contributed by atoms with E-state index in [0.717, 1.165) is 0 Å². The summed E-state index contributed by atoms with van der Waals surface area (Å²) in [6, 6.07) is 0. The van der Waals surface area contributed by atoms with Gasteiger partial charge in [-0.25, -0.2) is 0 Å². The highest BCUT2D eigenvalue weighted by molar-refractivity contribution is 5.71. The van der Waals surface area contributed by atoms with Crippen LogP contribution in [0.25, 0.3) is 0 Å². The summed E-state index contributed by atoms with van der Waals surface area (Å²) in [5.74, 6) is -4.51. The average molecular weight is 223 g/mol. The fourth-order valence-electron chi connectivity index (χ4n) is 1.80. The molecule has 1 N–H and O–H groups in total. The van der Waals surface area contributed by atoms with Crippen LogP contribution in [-0.2, 0) is 4.79 Å². The molecule has 0 bridgehead atoms. The summed E-state index contributed by atoms with van der Waals surface area (Å²) in [6.07, 6.45) is -2.98. The van der Waals surface area contributed by atoms with Gasteiger partial charge in [0.25, 0.3) is 0 Å². The van der Waals surface area contributed by atoms with E-state index in [1.54, 1.807) is 0 Å². The highest BCUT2D eigenvalue weighted by Gasteiger charge is 2.52. The number of alkyl halides is 3. The second kappa shape index (κ2) is 4.22. The molecule has 0 radical (unpaired) electrons. The van der Waals surface area contributed by atoms with E-state index in [9.17, 15) is 18.0 Å². The molecule has 0 aromatic carbocycles. The third-order valence-corrected chi connectivity index (χ3v) is 2.52. The van der Waals surface area contributed by atoms with E-state index in [1.165, 1.54) is 11.0 Å². The molecule has 6 heteroatoms. The average Bonchev–Trinajstić information content (AvgIpc) is 2.48. The van der Waals surface area contributed by atoms with Crippen molar-refractivity contribution in [3.05, 3.63) is 12.7 Å². The van der Waals surface area contributed by atoms with Gasteiger partial charge in [-0.05, 0) is 0 Å². The van der Waals surface area contributed by atoms with Crippen LogP contribution in [0.15, 0.2) is 12.7 Å². The van der Waals surface area contributed by atoms with Crippen LogP contribution in [0.1, 0.15) is 0 Å². The van der Waals surface area contributed by atoms with Crippen LogP contribution < -0.4 is 0 Å². The molecule has 2 atom stereocenters. The number of rotatable bonds is 3. The van der Waals surface area contributed by atoms with E-state index in [-0.39, 0.29) is 19.6 Å². The van der Waals surface area contributed by atoms with Gasteiger partial charge in [0.15, 0.2) is 0 Å². The molecule has 0 amide bonds. The lowest BCUT2D eigenvalue weighted by molar-refractivity contribution is -0.188. The lowest BCUT2D eigenvalue weighted by Crippen LogP contribution is -2.33. The Morgan fingerprint density at radius 3 is 2.47 bits per heavy atom. The number of likely N-dealkylation sites (tertiary alicyclic amines) is 1. The summed E-state index contributed by atoms with van der Waals surface area (Å²) in [5.41, 5.74) is 0. The molecule has 1 heterocycles. The minimum atomic E-state index is -4.45. The molecule has 1 aliphatic heterocycles. The van der Waals surface area contributed by atoms with Crippen molar-refractivity contribution < 1.29 is 23.1 Å². The van der Waals surface area contributed by atoms with Crippen LogP contribution in [0.2, 0.25) is 0 Å². The Labute approximate surface area is 85.2 Å². The second-order valence-corrected chi connectivity index (χ2v) is 3.60. The monoisotopic (exact) mass is 223 g/mol. The van der Waals surface area contributed by atoms with Crippen molar-refractivity contribution >= 4 is 5.97 Å². The zero-order chi connectivity index (χ0) is 11.6. The van der Waals surface area contributed by atoms with E-state index < -0.39 is 24.0 Å². The van der Waals surface area contributed by atoms with Gasteiger partial charge in [0.2, 0.25) is 0 Å². The highest BCUT2D eigenvalue weighted by atomic mass is 19.4. The zero-order valence-electron chi connectivity index (χ0n) is 8.00. The highest BCUT2D eigenvalue weighted by Crippen LogP contribution is 2.37. The van der Waals surface area contributed by atoms with Crippen molar-refractivity contribution in [2.24, 2.45) is 11.8 Å². The molecular weight excluding hydrogens is 211 g/mol. The van der Waals surface area contributed by atoms with Gasteiger partial charge in [-0.15, -0.1) is 6.58 Å². The summed E-state index contributed by atoms with van der Waals surface area (Å²) >= 11 is 0. The van der Waals surface area contributed by atoms with Gasteiger partial charge in [-0.1, -0.05) is 6.08 Å². The lowest BCUT2D eigenvalue weighted by atomic mass is 9.96. The van der Waals surface area contributed by atoms with Crippen LogP contribution >= 0.6 is 0 Å². The van der Waals surface area contributed by atoms with Gasteiger partial charge < -0.3 is 5.11 Å². The van der Waals surface area contributed by atoms with Crippen molar-refractivity contribution in [2.75, 3.05) is 19.6 Å². The largest absolute Gasteiger partial charge is 0.481 e. The summed E-state index contributed by atoms with van der Waals surface area (Å²) < 4.78 is 37.4. The number of aliphatic carboxylic acids is 1. The first-order chi connectivity index (χ1) is 6.86. The molecule has 86 valence electrons. The van der Waals surface area contributed by atoms with Gasteiger partial charge in [0.1, 0.15) is 0 Å². The quantitative estimate of drug-likeness (QED) is 0.734. The van der Waals surface area contributed by atoms with Gasteiger partial charge in [0.05, 0.1) is 11.8 Å². The molecule has 1 saturated heterocycles. The van der Waals surface area contributed by atoms with Crippen LogP contribution in [-0.4, -0.2) is 41.8 Å². The van der Waals surface area contributed by atoms with E-state index >= 15 is 0 Å². The van der Waals surface area contributed by atoms with Gasteiger partial charge in [0, 0.05) is 19.6 Å². The van der Waals surface area contributed by atoms with Crippen molar-refractivity contribution in [1.29, 1.82) is 0 Å². The van der Waals surface area contributed by atoms with E-state index in [2.05, 4.69) is 6.58 Å². The number of hydrogen-bond donors (Lipinski definition) is 1. The maximum Gasteiger partial charge on any atom is 0.393 e. The molecule has 0 aromatic heterocycles. The predicted molar refractivity (Wildman–Crippen MR) is 47.3 cm³/mol. The van der Waals surface area contributed by atoms with Gasteiger partial charge >= 0.3 is 12.1 Å². The Balaban J connectivity index is 2.76. The van der Waals surface area contributed by atoms with Gasteiger partial charge in [-0.3, -0.25) is 9.69 Å². The third-order valence-electron chi connectivity index (χ3n) is 2.52. The first-order valence-electron chi connectivity index (χ1n) is 4.49. The number of halogens is 3. The standard InChI is InChI=1S/C9H12F3NO2/c1-2-3-13-4-6(8(14)15)7(5-13)9(10,11)12/h2,6-7H,1,3-5H2,(H,14,15)/t6-,7-/m1/s1. The minimum Gasteiger partial charge on any atom is -0.481 e. The Kier molecular flexibility index (Phi) is 3.38. The third kappa shape index (κ3) is 2.71. The summed E-state index contributed by atoms with van der Waals surface area (Å²) in [5, 5.41) is 8.68. The maximum atomic E-state index is 12.5. The number of carbonyl (C=O) groups is 1. The van der Waals surface area contributed by atoms with Crippen molar-refractivity contribution in [1.82, 2.24) is 4.90 Å². The minimum absolute atomic E-state index is 0.0640. The molecule has 1 fully saturated rings. The number of carboxylic acids is 1. The number of carboxylic acid groups (broad SMARTS) is 1. The smallest absolute Gasteiger partial charge is 0.393 e. The lowest BCUT2D eigenvalue weighted by Gasteiger charge is -2.17. The molecule has 3 nitrogen and oxygen atoms in total. The molecule has 0 aromatic rings. The van der Waals surface area contributed by atoms with Crippen LogP contribution in [0.5, 0.6) is 0 Å². The van der Waals surface area contributed by atoms with E-state index in [4.69, 9.17) is 5.11 Å². The second-order valence-electron chi connectivity index (χ2n) is 3.60. The van der Waals surface area contributed by atoms with Crippen molar-refractivity contribution in [3.63, 3.8) is 0 Å². The molecule has 1 rings (SSSR count). The van der Waals surface area contributed by atoms with Crippen LogP contribution in [0.3, 0.4) is 0 Å². The molecule has 0 unspecified atom stereocenters. The van der Waals surface area contributed by atoms with Crippen LogP contribution in [0, 0.1) is 11.8 Å². The first-order valence-corrected chi connectivity index (χ1v) is 4.49. The molecule has 0 spiro atoms. The molecule has 1 aliphatic rings. The fraction of sp³-hybridized carbons (Fsp3) is 0.667.